The molecular formula is C19H18N4O4S. The maximum absolute atomic E-state index is 12.7. The van der Waals surface area contributed by atoms with Gasteiger partial charge in [-0.1, -0.05) is 25.1 Å². The largest absolute Gasteiger partial charge is 0.538 e. The van der Waals surface area contributed by atoms with E-state index in [-0.39, 0.29) is 10.9 Å². The number of primary amides is 1. The normalized spacial score (nSPS) is 11.8. The van der Waals surface area contributed by atoms with E-state index in [4.69, 9.17) is 10.3 Å². The lowest BCUT2D eigenvalue weighted by Gasteiger charge is -2.13. The van der Waals surface area contributed by atoms with Crippen LogP contribution in [0.3, 0.4) is 0 Å². The number of hydrogen-bond donors (Lipinski definition) is 2. The van der Waals surface area contributed by atoms with Crippen LogP contribution in [0, 0.1) is 0 Å². The fourth-order valence-corrected chi connectivity index (χ4v) is 3.44. The second-order valence-electron chi connectivity index (χ2n) is 5.86. The Labute approximate surface area is 165 Å². The van der Waals surface area contributed by atoms with E-state index in [1.807, 2.05) is 25.1 Å². The Balaban J connectivity index is 1.76. The van der Waals surface area contributed by atoms with Crippen molar-refractivity contribution in [3.63, 3.8) is 0 Å². The number of benzene rings is 2. The Kier molecular flexibility index (Phi) is 5.95. The molecular weight excluding hydrogens is 380 g/mol. The van der Waals surface area contributed by atoms with Crippen LogP contribution in [0.15, 0.2) is 64.1 Å². The SMILES string of the molecule is CCC(Sc1c([O-])on[n+]1-c1ccccc1)C(=O)Nc1ccc(C(N)=O)cc1. The van der Waals surface area contributed by atoms with Crippen LogP contribution in [0.5, 0.6) is 5.95 Å². The van der Waals surface area contributed by atoms with Crippen molar-refractivity contribution in [2.24, 2.45) is 5.73 Å². The van der Waals surface area contributed by atoms with Gasteiger partial charge in [-0.2, -0.15) is 0 Å². The molecule has 1 aromatic heterocycles. The highest BCUT2D eigenvalue weighted by atomic mass is 32.2. The van der Waals surface area contributed by atoms with Gasteiger partial charge in [-0.15, -0.1) is 0 Å². The first-order valence-electron chi connectivity index (χ1n) is 8.51. The fraction of sp³-hybridized carbons (Fsp3) is 0.158. The number of nitrogens with zero attached hydrogens (tertiary/aromatic N) is 2. The first-order chi connectivity index (χ1) is 13.5. The number of para-hydroxylation sites is 1. The summed E-state index contributed by atoms with van der Waals surface area (Å²) in [6, 6.07) is 15.3. The maximum Gasteiger partial charge on any atom is 0.298 e. The average Bonchev–Trinajstić information content (AvgIpc) is 3.07. The van der Waals surface area contributed by atoms with E-state index in [2.05, 4.69) is 10.6 Å². The van der Waals surface area contributed by atoms with Gasteiger partial charge in [0.05, 0.1) is 10.5 Å². The molecule has 2 amide bonds. The summed E-state index contributed by atoms with van der Waals surface area (Å²) in [5, 5.41) is 18.3. The summed E-state index contributed by atoms with van der Waals surface area (Å²) < 4.78 is 6.17. The van der Waals surface area contributed by atoms with Crippen LogP contribution in [0.2, 0.25) is 0 Å². The molecule has 2 aromatic carbocycles. The monoisotopic (exact) mass is 398 g/mol. The lowest BCUT2D eigenvalue weighted by atomic mass is 10.2. The molecule has 3 N–H and O–H groups in total. The van der Waals surface area contributed by atoms with Crippen molar-refractivity contribution in [2.45, 2.75) is 23.6 Å². The van der Waals surface area contributed by atoms with Crippen molar-refractivity contribution in [3.8, 4) is 11.6 Å². The first kappa shape index (κ1) is 19.4. The van der Waals surface area contributed by atoms with Crippen LogP contribution in [0.4, 0.5) is 5.69 Å². The standard InChI is InChI=1S/C19H18N4O4S/c1-2-15(17(25)21-13-10-8-12(9-11-13)16(20)24)28-18-19(26)27-22-23(18)14-6-4-3-5-7-14/h3-11,15H,2H2,1H3,(H3-,20,21,22,24,25,26). The number of aromatic nitrogens is 2. The number of carbonyl (C=O) groups is 2. The molecule has 0 bridgehead atoms. The number of nitrogens with one attached hydrogen (secondary N) is 1. The summed E-state index contributed by atoms with van der Waals surface area (Å²) in [6.07, 6.45) is 0.481. The average molecular weight is 398 g/mol. The fourth-order valence-electron chi connectivity index (χ4n) is 2.47. The van der Waals surface area contributed by atoms with Gasteiger partial charge in [0.1, 0.15) is 0 Å². The molecule has 9 heteroatoms. The van der Waals surface area contributed by atoms with E-state index < -0.39 is 17.1 Å². The molecule has 144 valence electrons. The second kappa shape index (κ2) is 8.57. The third-order valence-electron chi connectivity index (χ3n) is 3.93. The predicted molar refractivity (Wildman–Crippen MR) is 101 cm³/mol. The molecule has 0 aliphatic heterocycles. The van der Waals surface area contributed by atoms with Gasteiger partial charge in [-0.25, -0.2) is 0 Å². The molecule has 0 aliphatic rings. The number of amides is 2. The van der Waals surface area contributed by atoms with Crippen molar-refractivity contribution >= 4 is 29.3 Å². The Bertz CT molecular complexity index is 973. The van der Waals surface area contributed by atoms with Gasteiger partial charge in [0.2, 0.25) is 17.5 Å². The molecule has 1 heterocycles. The molecule has 0 aliphatic carbocycles. The van der Waals surface area contributed by atoms with Gasteiger partial charge in [-0.3, -0.25) is 9.59 Å². The molecule has 28 heavy (non-hydrogen) atoms. The van der Waals surface area contributed by atoms with E-state index in [1.165, 1.54) is 16.8 Å². The summed E-state index contributed by atoms with van der Waals surface area (Å²) in [4.78, 5) is 23.8. The van der Waals surface area contributed by atoms with Crippen molar-refractivity contribution in [3.05, 3.63) is 60.2 Å². The summed E-state index contributed by atoms with van der Waals surface area (Å²) in [5.74, 6) is -1.42. The zero-order chi connectivity index (χ0) is 20.1. The summed E-state index contributed by atoms with van der Waals surface area (Å²) in [5.41, 5.74) is 6.75. The molecule has 1 atom stereocenters. The molecule has 0 fully saturated rings. The number of carbonyl (C=O) groups excluding carboxylic acids is 2. The van der Waals surface area contributed by atoms with Gasteiger partial charge in [-0.05, 0) is 47.1 Å². The van der Waals surface area contributed by atoms with Crippen LogP contribution >= 0.6 is 11.8 Å². The third-order valence-corrected chi connectivity index (χ3v) is 5.32. The van der Waals surface area contributed by atoms with Gasteiger partial charge in [0, 0.05) is 23.4 Å². The first-order valence-corrected chi connectivity index (χ1v) is 9.39. The molecule has 8 nitrogen and oxygen atoms in total. The van der Waals surface area contributed by atoms with Crippen LogP contribution in [-0.4, -0.2) is 22.3 Å². The van der Waals surface area contributed by atoms with E-state index in [1.54, 1.807) is 24.3 Å². The van der Waals surface area contributed by atoms with Crippen LogP contribution in [0.1, 0.15) is 23.7 Å². The van der Waals surface area contributed by atoms with E-state index in [0.29, 0.717) is 23.4 Å². The number of anilines is 1. The summed E-state index contributed by atoms with van der Waals surface area (Å²) in [6.45, 7) is 1.85. The quantitative estimate of drug-likeness (QED) is 0.460. The van der Waals surface area contributed by atoms with E-state index in [0.717, 1.165) is 11.8 Å². The summed E-state index contributed by atoms with van der Waals surface area (Å²) in [7, 11) is 0. The Hall–Kier alpha value is -3.33. The highest BCUT2D eigenvalue weighted by Crippen LogP contribution is 2.29. The smallest absolute Gasteiger partial charge is 0.298 e. The molecule has 0 saturated carbocycles. The van der Waals surface area contributed by atoms with E-state index >= 15 is 0 Å². The highest BCUT2D eigenvalue weighted by molar-refractivity contribution is 8.00. The maximum atomic E-state index is 12.7. The van der Waals surface area contributed by atoms with Crippen LogP contribution < -0.4 is 20.8 Å². The predicted octanol–water partition coefficient (Wildman–Crippen LogP) is 1.63. The van der Waals surface area contributed by atoms with Gasteiger partial charge >= 0.3 is 0 Å². The van der Waals surface area contributed by atoms with Gasteiger partial charge in [0.25, 0.3) is 5.03 Å². The minimum absolute atomic E-state index is 0.220. The van der Waals surface area contributed by atoms with Crippen molar-refractivity contribution in [1.29, 1.82) is 0 Å². The number of thioether (sulfide) groups is 1. The third kappa shape index (κ3) is 4.32. The van der Waals surface area contributed by atoms with Crippen molar-refractivity contribution < 1.29 is 23.9 Å². The molecule has 0 saturated heterocycles. The zero-order valence-corrected chi connectivity index (χ0v) is 15.8. The van der Waals surface area contributed by atoms with Crippen molar-refractivity contribution in [2.75, 3.05) is 5.32 Å². The lowest BCUT2D eigenvalue weighted by molar-refractivity contribution is -0.705. The minimum atomic E-state index is -0.606. The molecule has 1 unspecified atom stereocenters. The number of rotatable bonds is 7. The molecule has 0 spiro atoms. The van der Waals surface area contributed by atoms with Gasteiger partial charge in [0.15, 0.2) is 5.95 Å². The molecule has 3 rings (SSSR count). The summed E-state index contributed by atoms with van der Waals surface area (Å²) >= 11 is 1.09. The number of nitrogens with two attached hydrogens (primary N) is 1. The molecule has 0 radical (unpaired) electrons. The topological polar surface area (TPSA) is 125 Å². The zero-order valence-electron chi connectivity index (χ0n) is 15.0. The van der Waals surface area contributed by atoms with E-state index in [9.17, 15) is 14.7 Å². The molecule has 3 aromatic rings. The van der Waals surface area contributed by atoms with Crippen LogP contribution in [-0.2, 0) is 4.79 Å². The van der Waals surface area contributed by atoms with Crippen LogP contribution in [0.25, 0.3) is 5.69 Å². The Morgan fingerprint density at radius 3 is 2.50 bits per heavy atom. The second-order valence-corrected chi connectivity index (χ2v) is 7.05. The lowest BCUT2D eigenvalue weighted by Crippen LogP contribution is -2.36. The Morgan fingerprint density at radius 2 is 1.89 bits per heavy atom. The van der Waals surface area contributed by atoms with Gasteiger partial charge < -0.3 is 20.7 Å². The minimum Gasteiger partial charge on any atom is -0.538 e. The van der Waals surface area contributed by atoms with Crippen molar-refractivity contribution in [1.82, 2.24) is 5.27 Å². The Morgan fingerprint density at radius 1 is 1.21 bits per heavy atom. The number of hydrogen-bond acceptors (Lipinski definition) is 6. The highest BCUT2D eigenvalue weighted by Gasteiger charge is 2.28.